The molecule has 1 aliphatic rings. The van der Waals surface area contributed by atoms with E-state index in [1.807, 2.05) is 5.43 Å². The number of hydrogen-bond acceptors (Lipinski definition) is 6. The lowest BCUT2D eigenvalue weighted by Gasteiger charge is -2.22. The minimum absolute atomic E-state index is 0.134. The third-order valence-electron chi connectivity index (χ3n) is 3.82. The van der Waals surface area contributed by atoms with E-state index < -0.39 is 36.0 Å². The van der Waals surface area contributed by atoms with E-state index in [-0.39, 0.29) is 6.61 Å². The van der Waals surface area contributed by atoms with Crippen LogP contribution in [0.4, 0.5) is 9.59 Å². The quantitative estimate of drug-likeness (QED) is 0.507. The molecule has 1 aliphatic heterocycles. The fourth-order valence-electron chi connectivity index (χ4n) is 2.43. The number of nitrogens with zero attached hydrogens (tertiary/aromatic N) is 1. The second-order valence-electron chi connectivity index (χ2n) is 5.57. The van der Waals surface area contributed by atoms with Gasteiger partial charge in [0.15, 0.2) is 0 Å². The van der Waals surface area contributed by atoms with Crippen LogP contribution in [0.25, 0.3) is 0 Å². The van der Waals surface area contributed by atoms with Crippen molar-refractivity contribution in [3.8, 4) is 5.75 Å². The molecule has 3 N–H and O–H groups in total. The van der Waals surface area contributed by atoms with Crippen LogP contribution in [0.1, 0.15) is 19.4 Å². The molecule has 0 aliphatic carbocycles. The number of urea groups is 1. The predicted molar refractivity (Wildman–Crippen MR) is 88.9 cm³/mol. The van der Waals surface area contributed by atoms with Gasteiger partial charge in [-0.15, -0.1) is 0 Å². The number of amides is 5. The van der Waals surface area contributed by atoms with E-state index in [1.54, 1.807) is 38.1 Å². The second-order valence-corrected chi connectivity index (χ2v) is 5.57. The highest BCUT2D eigenvalue weighted by Crippen LogP contribution is 2.29. The summed E-state index contributed by atoms with van der Waals surface area (Å²) in [5.41, 5.74) is 3.31. The van der Waals surface area contributed by atoms with E-state index in [1.165, 1.54) is 7.11 Å². The highest BCUT2D eigenvalue weighted by molar-refractivity contribution is 6.09. The Morgan fingerprint density at radius 3 is 2.42 bits per heavy atom. The fraction of sp³-hybridized carbons (Fsp3) is 0.375. The molecule has 0 saturated carbocycles. The molecule has 140 valence electrons. The lowest BCUT2D eigenvalue weighted by molar-refractivity contribution is -0.135. The van der Waals surface area contributed by atoms with Crippen LogP contribution in [0.15, 0.2) is 24.3 Å². The first-order valence-corrected chi connectivity index (χ1v) is 7.82. The molecule has 10 nitrogen and oxygen atoms in total. The van der Waals surface area contributed by atoms with E-state index in [9.17, 15) is 19.2 Å². The highest BCUT2D eigenvalue weighted by atomic mass is 16.6. The zero-order valence-electron chi connectivity index (χ0n) is 14.6. The van der Waals surface area contributed by atoms with Gasteiger partial charge in [0.05, 0.1) is 13.7 Å². The van der Waals surface area contributed by atoms with Crippen LogP contribution in [0.5, 0.6) is 5.75 Å². The Labute approximate surface area is 149 Å². The summed E-state index contributed by atoms with van der Waals surface area (Å²) in [6, 6.07) is 5.93. The van der Waals surface area contributed by atoms with Crippen LogP contribution < -0.4 is 20.9 Å². The van der Waals surface area contributed by atoms with E-state index in [0.717, 1.165) is 4.90 Å². The predicted octanol–water partition coefficient (Wildman–Crippen LogP) is 0.240. The van der Waals surface area contributed by atoms with Crippen LogP contribution in [-0.4, -0.2) is 49.1 Å². The molecule has 0 aromatic heterocycles. The topological polar surface area (TPSA) is 126 Å². The number of rotatable bonds is 5. The maximum absolute atomic E-state index is 12.7. The monoisotopic (exact) mass is 364 g/mol. The van der Waals surface area contributed by atoms with Crippen molar-refractivity contribution in [2.75, 3.05) is 20.3 Å². The van der Waals surface area contributed by atoms with Crippen molar-refractivity contribution in [2.24, 2.45) is 0 Å². The number of carbonyl (C=O) groups is 4. The number of carbonyl (C=O) groups excluding carboxylic acids is 4. The Balaban J connectivity index is 2.05. The van der Waals surface area contributed by atoms with E-state index in [0.29, 0.717) is 11.3 Å². The molecular weight excluding hydrogens is 344 g/mol. The summed E-state index contributed by atoms with van der Waals surface area (Å²) >= 11 is 0. The number of benzene rings is 1. The summed E-state index contributed by atoms with van der Waals surface area (Å²) in [7, 11) is 1.52. The second kappa shape index (κ2) is 7.72. The Hall–Kier alpha value is -3.30. The summed E-state index contributed by atoms with van der Waals surface area (Å²) < 4.78 is 9.65. The molecule has 1 aromatic rings. The van der Waals surface area contributed by atoms with Crippen molar-refractivity contribution in [2.45, 2.75) is 19.4 Å². The minimum Gasteiger partial charge on any atom is -0.497 e. The number of imide groups is 1. The molecule has 0 bridgehead atoms. The van der Waals surface area contributed by atoms with Gasteiger partial charge in [-0.2, -0.15) is 0 Å². The van der Waals surface area contributed by atoms with Gasteiger partial charge >= 0.3 is 12.1 Å². The molecule has 0 spiro atoms. The van der Waals surface area contributed by atoms with Gasteiger partial charge in [-0.05, 0) is 31.5 Å². The summed E-state index contributed by atoms with van der Waals surface area (Å²) in [6.45, 7) is 2.73. The van der Waals surface area contributed by atoms with Crippen molar-refractivity contribution in [3.05, 3.63) is 29.8 Å². The lowest BCUT2D eigenvalue weighted by atomic mass is 9.92. The van der Waals surface area contributed by atoms with Crippen molar-refractivity contribution in [3.63, 3.8) is 0 Å². The number of nitrogens with one attached hydrogen (secondary N) is 3. The molecule has 1 saturated heterocycles. The number of methoxy groups -OCH3 is 1. The van der Waals surface area contributed by atoms with Crippen molar-refractivity contribution in [1.82, 2.24) is 21.1 Å². The van der Waals surface area contributed by atoms with Gasteiger partial charge in [0.1, 0.15) is 17.8 Å². The third kappa shape index (κ3) is 3.85. The van der Waals surface area contributed by atoms with E-state index in [4.69, 9.17) is 4.74 Å². The maximum Gasteiger partial charge on any atom is 0.426 e. The number of hydrogen-bond donors (Lipinski definition) is 3. The standard InChI is InChI=1S/C16H20N4O6/c1-4-26-15(24)19-18-12(21)9-20-13(22)16(2,17-14(20)23)10-5-7-11(25-3)8-6-10/h5-8H,4,9H2,1-3H3,(H,17,23)(H,18,21)(H,19,24). The van der Waals surface area contributed by atoms with E-state index >= 15 is 0 Å². The molecule has 26 heavy (non-hydrogen) atoms. The summed E-state index contributed by atoms with van der Waals surface area (Å²) in [5.74, 6) is -0.727. The zero-order chi connectivity index (χ0) is 19.3. The van der Waals surface area contributed by atoms with Crippen LogP contribution >= 0.6 is 0 Å². The molecule has 2 rings (SSSR count). The van der Waals surface area contributed by atoms with Crippen LogP contribution in [0, 0.1) is 0 Å². The van der Waals surface area contributed by atoms with Crippen LogP contribution in [0.3, 0.4) is 0 Å². The van der Waals surface area contributed by atoms with Gasteiger partial charge < -0.3 is 14.8 Å². The Bertz CT molecular complexity index is 720. The largest absolute Gasteiger partial charge is 0.497 e. The number of hydrazine groups is 1. The maximum atomic E-state index is 12.7. The Kier molecular flexibility index (Phi) is 5.65. The summed E-state index contributed by atoms with van der Waals surface area (Å²) in [4.78, 5) is 48.6. The Morgan fingerprint density at radius 1 is 1.19 bits per heavy atom. The molecule has 0 radical (unpaired) electrons. The zero-order valence-corrected chi connectivity index (χ0v) is 14.6. The fourth-order valence-corrected chi connectivity index (χ4v) is 2.43. The van der Waals surface area contributed by atoms with E-state index in [2.05, 4.69) is 15.5 Å². The smallest absolute Gasteiger partial charge is 0.426 e. The van der Waals surface area contributed by atoms with Crippen molar-refractivity contribution < 1.29 is 28.7 Å². The molecule has 1 atom stereocenters. The normalized spacial score (nSPS) is 19.0. The first kappa shape index (κ1) is 19.0. The van der Waals surface area contributed by atoms with Gasteiger partial charge in [0, 0.05) is 0 Å². The molecule has 10 heteroatoms. The lowest BCUT2D eigenvalue weighted by Crippen LogP contribution is -2.48. The average molecular weight is 364 g/mol. The van der Waals surface area contributed by atoms with Gasteiger partial charge in [0.2, 0.25) is 0 Å². The highest BCUT2D eigenvalue weighted by Gasteiger charge is 2.49. The van der Waals surface area contributed by atoms with Crippen LogP contribution in [0.2, 0.25) is 0 Å². The van der Waals surface area contributed by atoms with Crippen LogP contribution in [-0.2, 0) is 19.9 Å². The van der Waals surface area contributed by atoms with Gasteiger partial charge in [-0.1, -0.05) is 12.1 Å². The summed E-state index contributed by atoms with van der Waals surface area (Å²) in [6.07, 6.45) is -0.846. The molecule has 1 fully saturated rings. The molecule has 1 heterocycles. The van der Waals surface area contributed by atoms with Crippen molar-refractivity contribution in [1.29, 1.82) is 0 Å². The van der Waals surface area contributed by atoms with Crippen molar-refractivity contribution >= 4 is 23.9 Å². The molecule has 5 amide bonds. The average Bonchev–Trinajstić information content (AvgIpc) is 2.84. The summed E-state index contributed by atoms with van der Waals surface area (Å²) in [5, 5.41) is 2.58. The SMILES string of the molecule is CCOC(=O)NNC(=O)CN1C(=O)NC(C)(c2ccc(OC)cc2)C1=O. The molecular formula is C16H20N4O6. The van der Waals surface area contributed by atoms with Gasteiger partial charge in [-0.25, -0.2) is 15.0 Å². The Morgan fingerprint density at radius 2 is 1.85 bits per heavy atom. The molecule has 1 aromatic carbocycles. The van der Waals surface area contributed by atoms with Gasteiger partial charge in [0.25, 0.3) is 11.8 Å². The third-order valence-corrected chi connectivity index (χ3v) is 3.82. The first-order chi connectivity index (χ1) is 12.3. The molecule has 1 unspecified atom stereocenters. The minimum atomic E-state index is -1.31. The number of ether oxygens (including phenoxy) is 2. The van der Waals surface area contributed by atoms with Gasteiger partial charge in [-0.3, -0.25) is 19.9 Å². The first-order valence-electron chi connectivity index (χ1n) is 7.82.